The molecule has 0 bridgehead atoms. The molecule has 18 heavy (non-hydrogen) atoms. The average Bonchev–Trinajstić information content (AvgIpc) is 2.78. The van der Waals surface area contributed by atoms with Gasteiger partial charge in [-0.15, -0.1) is 0 Å². The summed E-state index contributed by atoms with van der Waals surface area (Å²) >= 11 is 0. The van der Waals surface area contributed by atoms with Crippen molar-refractivity contribution in [1.82, 2.24) is 9.55 Å². The highest BCUT2D eigenvalue weighted by atomic mass is 15.1. The fourth-order valence-corrected chi connectivity index (χ4v) is 2.18. The van der Waals surface area contributed by atoms with E-state index in [1.807, 2.05) is 32.4 Å². The summed E-state index contributed by atoms with van der Waals surface area (Å²) in [5.41, 5.74) is 8.22. The topological polar surface area (TPSA) is 43.8 Å². The third-order valence-electron chi connectivity index (χ3n) is 3.21. The van der Waals surface area contributed by atoms with Crippen molar-refractivity contribution in [2.24, 2.45) is 5.73 Å². The average molecular weight is 243 g/mol. The van der Waals surface area contributed by atoms with Gasteiger partial charge in [0.25, 0.3) is 0 Å². The molecular formula is C15H21N3. The molecule has 0 aliphatic heterocycles. The lowest BCUT2D eigenvalue weighted by Crippen LogP contribution is -2.32. The second-order valence-electron chi connectivity index (χ2n) is 5.46. The van der Waals surface area contributed by atoms with Gasteiger partial charge in [0, 0.05) is 12.7 Å². The van der Waals surface area contributed by atoms with Gasteiger partial charge in [-0.1, -0.05) is 37.3 Å². The Morgan fingerprint density at radius 3 is 2.56 bits per heavy atom. The molecule has 2 aromatic rings. The van der Waals surface area contributed by atoms with E-state index >= 15 is 0 Å². The van der Waals surface area contributed by atoms with Crippen LogP contribution in [0.2, 0.25) is 0 Å². The minimum Gasteiger partial charge on any atom is -0.332 e. The van der Waals surface area contributed by atoms with Gasteiger partial charge in [0.2, 0.25) is 0 Å². The first-order valence-corrected chi connectivity index (χ1v) is 6.33. The molecule has 3 heteroatoms. The van der Waals surface area contributed by atoms with Gasteiger partial charge in [0.05, 0.1) is 17.6 Å². The highest BCUT2D eigenvalue weighted by Crippen LogP contribution is 2.21. The lowest BCUT2D eigenvalue weighted by molar-refractivity contribution is 0.475. The number of nitrogens with two attached hydrogens (primary N) is 1. The highest BCUT2D eigenvalue weighted by Gasteiger charge is 2.20. The third-order valence-corrected chi connectivity index (χ3v) is 3.21. The molecule has 1 atom stereocenters. The van der Waals surface area contributed by atoms with Crippen molar-refractivity contribution in [1.29, 1.82) is 0 Å². The summed E-state index contributed by atoms with van der Waals surface area (Å²) in [6.45, 7) is 7.14. The Hall–Kier alpha value is -1.61. The number of rotatable bonds is 4. The normalized spacial score (nSPS) is 13.6. The van der Waals surface area contributed by atoms with Crippen LogP contribution in [0, 0.1) is 0 Å². The van der Waals surface area contributed by atoms with E-state index in [-0.39, 0.29) is 5.54 Å². The largest absolute Gasteiger partial charge is 0.332 e. The number of aromatic nitrogens is 2. The van der Waals surface area contributed by atoms with E-state index in [9.17, 15) is 0 Å². The lowest BCUT2D eigenvalue weighted by Gasteiger charge is -2.22. The van der Waals surface area contributed by atoms with Crippen molar-refractivity contribution < 1.29 is 0 Å². The van der Waals surface area contributed by atoms with Crippen LogP contribution >= 0.6 is 0 Å². The maximum absolute atomic E-state index is 6.16. The number of imidazole rings is 1. The summed E-state index contributed by atoms with van der Waals surface area (Å²) in [7, 11) is 0. The van der Waals surface area contributed by atoms with Crippen molar-refractivity contribution in [3.63, 3.8) is 0 Å². The number of hydrogen-bond donors (Lipinski definition) is 1. The van der Waals surface area contributed by atoms with Crippen LogP contribution < -0.4 is 5.73 Å². The summed E-state index contributed by atoms with van der Waals surface area (Å²) in [5, 5.41) is 0. The predicted molar refractivity (Wildman–Crippen MR) is 74.3 cm³/mol. The fraction of sp³-hybridized carbons (Fsp3) is 0.400. The first kappa shape index (κ1) is 12.8. The molecule has 1 aromatic heterocycles. The molecule has 2 rings (SSSR count). The molecule has 2 N–H and O–H groups in total. The van der Waals surface area contributed by atoms with Gasteiger partial charge in [0.15, 0.2) is 0 Å². The standard InChI is InChI=1S/C15H21N3/c1-12(13-7-5-4-6-8-13)10-18-11-17-9-14(18)15(2,3)16/h4-9,11-12H,10,16H2,1-3H3. The maximum atomic E-state index is 6.16. The van der Waals surface area contributed by atoms with Crippen LogP contribution in [0.1, 0.15) is 37.9 Å². The van der Waals surface area contributed by atoms with Crippen molar-refractivity contribution in [2.75, 3.05) is 0 Å². The molecule has 0 fully saturated rings. The van der Waals surface area contributed by atoms with Gasteiger partial charge >= 0.3 is 0 Å². The molecule has 0 spiro atoms. The van der Waals surface area contributed by atoms with Gasteiger partial charge < -0.3 is 10.3 Å². The quantitative estimate of drug-likeness (QED) is 0.897. The zero-order valence-electron chi connectivity index (χ0n) is 11.3. The molecule has 0 aliphatic rings. The second-order valence-corrected chi connectivity index (χ2v) is 5.46. The van der Waals surface area contributed by atoms with Gasteiger partial charge in [-0.3, -0.25) is 0 Å². The van der Waals surface area contributed by atoms with Crippen LogP contribution in [0.3, 0.4) is 0 Å². The molecule has 0 radical (unpaired) electrons. The summed E-state index contributed by atoms with van der Waals surface area (Å²) in [6, 6.07) is 10.5. The molecule has 96 valence electrons. The molecule has 1 unspecified atom stereocenters. The molecule has 1 heterocycles. The predicted octanol–water partition coefficient (Wildman–Crippen LogP) is 2.88. The molecule has 0 saturated heterocycles. The zero-order valence-corrected chi connectivity index (χ0v) is 11.3. The Balaban J connectivity index is 2.18. The van der Waals surface area contributed by atoms with Crippen LogP contribution in [-0.2, 0) is 12.1 Å². The van der Waals surface area contributed by atoms with Gasteiger partial charge in [-0.05, 0) is 25.3 Å². The van der Waals surface area contributed by atoms with Gasteiger partial charge in [-0.2, -0.15) is 0 Å². The summed E-state index contributed by atoms with van der Waals surface area (Å²) in [5.74, 6) is 0.446. The zero-order chi connectivity index (χ0) is 13.2. The summed E-state index contributed by atoms with van der Waals surface area (Å²) < 4.78 is 2.15. The van der Waals surface area contributed by atoms with Crippen molar-refractivity contribution in [3.8, 4) is 0 Å². The van der Waals surface area contributed by atoms with Crippen LogP contribution in [0.15, 0.2) is 42.9 Å². The monoisotopic (exact) mass is 243 g/mol. The number of hydrogen-bond acceptors (Lipinski definition) is 2. The van der Waals surface area contributed by atoms with Crippen LogP contribution in [0.4, 0.5) is 0 Å². The van der Waals surface area contributed by atoms with Crippen LogP contribution in [-0.4, -0.2) is 9.55 Å². The molecular weight excluding hydrogens is 222 g/mol. The fourth-order valence-electron chi connectivity index (χ4n) is 2.18. The van der Waals surface area contributed by atoms with Crippen LogP contribution in [0.5, 0.6) is 0 Å². The number of benzene rings is 1. The second kappa shape index (κ2) is 4.94. The Labute approximate surface area is 109 Å². The van der Waals surface area contributed by atoms with E-state index in [0.717, 1.165) is 12.2 Å². The van der Waals surface area contributed by atoms with E-state index in [2.05, 4.69) is 40.7 Å². The van der Waals surface area contributed by atoms with Gasteiger partial charge in [-0.25, -0.2) is 4.98 Å². The summed E-state index contributed by atoms with van der Waals surface area (Å²) in [4.78, 5) is 4.22. The van der Waals surface area contributed by atoms with Crippen LogP contribution in [0.25, 0.3) is 0 Å². The van der Waals surface area contributed by atoms with Gasteiger partial charge in [0.1, 0.15) is 0 Å². The maximum Gasteiger partial charge on any atom is 0.0948 e. The Morgan fingerprint density at radius 2 is 1.94 bits per heavy atom. The molecule has 0 aliphatic carbocycles. The third kappa shape index (κ3) is 2.79. The van der Waals surface area contributed by atoms with E-state index in [1.165, 1.54) is 5.56 Å². The lowest BCUT2D eigenvalue weighted by atomic mass is 9.99. The first-order chi connectivity index (χ1) is 8.48. The smallest absolute Gasteiger partial charge is 0.0948 e. The SMILES string of the molecule is CC(Cn1cncc1C(C)(C)N)c1ccccc1. The first-order valence-electron chi connectivity index (χ1n) is 6.33. The molecule has 0 saturated carbocycles. The Bertz CT molecular complexity index is 494. The Morgan fingerprint density at radius 1 is 1.28 bits per heavy atom. The van der Waals surface area contributed by atoms with Crippen molar-refractivity contribution in [3.05, 3.63) is 54.1 Å². The van der Waals surface area contributed by atoms with E-state index < -0.39 is 0 Å². The minimum atomic E-state index is -0.354. The number of nitrogens with zero attached hydrogens (tertiary/aromatic N) is 2. The van der Waals surface area contributed by atoms with E-state index in [1.54, 1.807) is 0 Å². The Kier molecular flexibility index (Phi) is 3.53. The van der Waals surface area contributed by atoms with Crippen molar-refractivity contribution >= 4 is 0 Å². The van der Waals surface area contributed by atoms with E-state index in [4.69, 9.17) is 5.73 Å². The molecule has 3 nitrogen and oxygen atoms in total. The molecule has 0 amide bonds. The molecule has 1 aromatic carbocycles. The summed E-state index contributed by atoms with van der Waals surface area (Å²) in [6.07, 6.45) is 3.72. The minimum absolute atomic E-state index is 0.354. The van der Waals surface area contributed by atoms with E-state index in [0.29, 0.717) is 5.92 Å². The highest BCUT2D eigenvalue weighted by molar-refractivity contribution is 5.19. The van der Waals surface area contributed by atoms with Crippen molar-refractivity contribution in [2.45, 2.75) is 38.8 Å².